The molecule has 1 aromatic carbocycles. The zero-order chi connectivity index (χ0) is 13.0. The number of aromatic hydroxyl groups is 2. The summed E-state index contributed by atoms with van der Waals surface area (Å²) in [5, 5.41) is 22.3. The average molecular weight is 250 g/mol. The number of nitrogens with one attached hydrogen (secondary N) is 1. The molecule has 1 fully saturated rings. The number of phenols is 2. The van der Waals surface area contributed by atoms with Crippen LogP contribution in [0.1, 0.15) is 24.8 Å². The first-order valence-electron chi connectivity index (χ1n) is 6.58. The third-order valence-corrected chi connectivity index (χ3v) is 3.69. The van der Waals surface area contributed by atoms with Gasteiger partial charge in [-0.1, -0.05) is 12.5 Å². The van der Waals surface area contributed by atoms with Crippen molar-refractivity contribution in [3.63, 3.8) is 0 Å². The Bertz CT molecular complexity index is 395. The maximum absolute atomic E-state index is 9.67. The molecule has 0 spiro atoms. The minimum Gasteiger partial charge on any atom is -0.508 e. The molecule has 0 bridgehead atoms. The van der Waals surface area contributed by atoms with Crippen molar-refractivity contribution >= 4 is 0 Å². The Morgan fingerprint density at radius 3 is 2.89 bits per heavy atom. The predicted octanol–water partition coefficient (Wildman–Crippen LogP) is 1.67. The molecule has 0 amide bonds. The highest BCUT2D eigenvalue weighted by Gasteiger charge is 2.18. The van der Waals surface area contributed by atoms with Crippen LogP contribution in [0.4, 0.5) is 0 Å². The Hall–Kier alpha value is -1.26. The molecule has 0 aromatic heterocycles. The van der Waals surface area contributed by atoms with Gasteiger partial charge in [0.1, 0.15) is 11.5 Å². The van der Waals surface area contributed by atoms with Crippen LogP contribution in [0.5, 0.6) is 11.5 Å². The number of phenolic OH excluding ortho intramolecular Hbond substituents is 2. The average Bonchev–Trinajstić information content (AvgIpc) is 2.34. The Balaban J connectivity index is 1.81. The van der Waals surface area contributed by atoms with Gasteiger partial charge in [-0.15, -0.1) is 0 Å². The fourth-order valence-electron chi connectivity index (χ4n) is 2.48. The van der Waals surface area contributed by atoms with Crippen LogP contribution in [0.25, 0.3) is 0 Å². The number of benzene rings is 1. The van der Waals surface area contributed by atoms with Crippen LogP contribution >= 0.6 is 0 Å². The lowest BCUT2D eigenvalue weighted by Gasteiger charge is -2.32. The quantitative estimate of drug-likeness (QED) is 0.761. The van der Waals surface area contributed by atoms with E-state index in [9.17, 15) is 10.2 Å². The molecule has 18 heavy (non-hydrogen) atoms. The van der Waals surface area contributed by atoms with Crippen molar-refractivity contribution in [1.29, 1.82) is 0 Å². The van der Waals surface area contributed by atoms with Crippen molar-refractivity contribution in [2.75, 3.05) is 20.1 Å². The molecule has 1 heterocycles. The van der Waals surface area contributed by atoms with Gasteiger partial charge in [0, 0.05) is 30.8 Å². The largest absolute Gasteiger partial charge is 0.508 e. The second-order valence-corrected chi connectivity index (χ2v) is 5.07. The molecule has 1 aliphatic heterocycles. The van der Waals surface area contributed by atoms with Crippen molar-refractivity contribution in [3.8, 4) is 11.5 Å². The second kappa shape index (κ2) is 6.07. The van der Waals surface area contributed by atoms with Crippen LogP contribution in [0, 0.1) is 0 Å². The van der Waals surface area contributed by atoms with Crippen molar-refractivity contribution < 1.29 is 10.2 Å². The number of hydrogen-bond acceptors (Lipinski definition) is 4. The molecule has 1 aromatic rings. The van der Waals surface area contributed by atoms with E-state index in [2.05, 4.69) is 17.3 Å². The molecule has 3 N–H and O–H groups in total. The van der Waals surface area contributed by atoms with E-state index >= 15 is 0 Å². The van der Waals surface area contributed by atoms with Gasteiger partial charge in [-0.05, 0) is 32.5 Å². The molecule has 1 saturated heterocycles. The molecule has 0 radical (unpaired) electrons. The van der Waals surface area contributed by atoms with Crippen LogP contribution in [0.15, 0.2) is 18.2 Å². The van der Waals surface area contributed by atoms with E-state index in [1.807, 2.05) is 0 Å². The molecule has 4 nitrogen and oxygen atoms in total. The van der Waals surface area contributed by atoms with E-state index < -0.39 is 0 Å². The third kappa shape index (κ3) is 3.37. The summed E-state index contributed by atoms with van der Waals surface area (Å²) in [4.78, 5) is 2.40. The smallest absolute Gasteiger partial charge is 0.123 e. The van der Waals surface area contributed by atoms with Gasteiger partial charge in [-0.3, -0.25) is 0 Å². The van der Waals surface area contributed by atoms with Crippen molar-refractivity contribution in [2.45, 2.75) is 31.8 Å². The monoisotopic (exact) mass is 250 g/mol. The summed E-state index contributed by atoms with van der Waals surface area (Å²) in [6, 6.07) is 5.33. The SMILES string of the molecule is CN1CCCCC1CNCc1ccc(O)cc1O. The van der Waals surface area contributed by atoms with Crippen LogP contribution < -0.4 is 5.32 Å². The number of piperidine rings is 1. The van der Waals surface area contributed by atoms with E-state index in [1.54, 1.807) is 12.1 Å². The minimum absolute atomic E-state index is 0.100. The van der Waals surface area contributed by atoms with Gasteiger partial charge in [0.25, 0.3) is 0 Å². The highest BCUT2D eigenvalue weighted by molar-refractivity contribution is 5.38. The second-order valence-electron chi connectivity index (χ2n) is 5.07. The summed E-state index contributed by atoms with van der Waals surface area (Å²) in [6.07, 6.45) is 3.85. The summed E-state index contributed by atoms with van der Waals surface area (Å²) in [5.74, 6) is 0.253. The lowest BCUT2D eigenvalue weighted by atomic mass is 10.0. The summed E-state index contributed by atoms with van der Waals surface area (Å²) < 4.78 is 0. The van der Waals surface area contributed by atoms with E-state index in [0.717, 1.165) is 12.1 Å². The molecule has 2 rings (SSSR count). The molecular formula is C14H22N2O2. The van der Waals surface area contributed by atoms with Crippen molar-refractivity contribution in [1.82, 2.24) is 10.2 Å². The summed E-state index contributed by atoms with van der Waals surface area (Å²) in [6.45, 7) is 2.75. The molecule has 0 saturated carbocycles. The maximum atomic E-state index is 9.67. The first-order valence-corrected chi connectivity index (χ1v) is 6.58. The lowest BCUT2D eigenvalue weighted by Crippen LogP contribution is -2.42. The van der Waals surface area contributed by atoms with Crippen molar-refractivity contribution in [2.24, 2.45) is 0 Å². The van der Waals surface area contributed by atoms with Gasteiger partial charge in [0.05, 0.1) is 0 Å². The van der Waals surface area contributed by atoms with Gasteiger partial charge >= 0.3 is 0 Å². The Morgan fingerprint density at radius 2 is 2.17 bits per heavy atom. The normalized spacial score (nSPS) is 21.1. The fraction of sp³-hybridized carbons (Fsp3) is 0.571. The third-order valence-electron chi connectivity index (χ3n) is 3.69. The van der Waals surface area contributed by atoms with Gasteiger partial charge < -0.3 is 20.4 Å². The van der Waals surface area contributed by atoms with Crippen LogP contribution in [-0.4, -0.2) is 41.3 Å². The minimum atomic E-state index is 0.100. The molecule has 4 heteroatoms. The van der Waals surface area contributed by atoms with Gasteiger partial charge in [0.2, 0.25) is 0 Å². The Morgan fingerprint density at radius 1 is 1.33 bits per heavy atom. The maximum Gasteiger partial charge on any atom is 0.123 e. The number of hydrogen-bond donors (Lipinski definition) is 3. The first-order chi connectivity index (χ1) is 8.66. The van der Waals surface area contributed by atoms with E-state index in [1.165, 1.54) is 31.9 Å². The Kier molecular flexibility index (Phi) is 4.44. The topological polar surface area (TPSA) is 55.7 Å². The van der Waals surface area contributed by atoms with Gasteiger partial charge in [0.15, 0.2) is 0 Å². The number of nitrogens with zero attached hydrogens (tertiary/aromatic N) is 1. The van der Waals surface area contributed by atoms with Crippen LogP contribution in [0.2, 0.25) is 0 Å². The molecule has 1 unspecified atom stereocenters. The molecular weight excluding hydrogens is 228 g/mol. The highest BCUT2D eigenvalue weighted by atomic mass is 16.3. The fourth-order valence-corrected chi connectivity index (χ4v) is 2.48. The zero-order valence-corrected chi connectivity index (χ0v) is 10.9. The summed E-state index contributed by atoms with van der Waals surface area (Å²) in [5.41, 5.74) is 0.825. The molecule has 1 aliphatic rings. The highest BCUT2D eigenvalue weighted by Crippen LogP contribution is 2.22. The molecule has 1 atom stereocenters. The van der Waals surface area contributed by atoms with Crippen molar-refractivity contribution in [3.05, 3.63) is 23.8 Å². The Labute approximate surface area is 108 Å². The standard InChI is InChI=1S/C14H22N2O2/c1-16-7-3-2-4-12(16)10-15-9-11-5-6-13(17)8-14(11)18/h5-6,8,12,15,17-18H,2-4,7,9-10H2,1H3. The first kappa shape index (κ1) is 13.2. The summed E-state index contributed by atoms with van der Waals surface area (Å²) >= 11 is 0. The van der Waals surface area contributed by atoms with Gasteiger partial charge in [-0.2, -0.15) is 0 Å². The number of rotatable bonds is 4. The van der Waals surface area contributed by atoms with Crippen LogP contribution in [-0.2, 0) is 6.54 Å². The van der Waals surface area contributed by atoms with E-state index in [4.69, 9.17) is 0 Å². The van der Waals surface area contributed by atoms with E-state index in [0.29, 0.717) is 12.6 Å². The zero-order valence-electron chi connectivity index (χ0n) is 10.9. The summed E-state index contributed by atoms with van der Waals surface area (Å²) in [7, 11) is 2.17. The van der Waals surface area contributed by atoms with E-state index in [-0.39, 0.29) is 11.5 Å². The molecule has 0 aliphatic carbocycles. The molecule has 100 valence electrons. The predicted molar refractivity (Wildman–Crippen MR) is 71.7 cm³/mol. The van der Waals surface area contributed by atoms with Crippen LogP contribution in [0.3, 0.4) is 0 Å². The van der Waals surface area contributed by atoms with Gasteiger partial charge in [-0.25, -0.2) is 0 Å². The number of likely N-dealkylation sites (tertiary alicyclic amines) is 1. The lowest BCUT2D eigenvalue weighted by molar-refractivity contribution is 0.181. The number of likely N-dealkylation sites (N-methyl/N-ethyl adjacent to an activating group) is 1.